The van der Waals surface area contributed by atoms with Gasteiger partial charge in [0.1, 0.15) is 0 Å². The van der Waals surface area contributed by atoms with Crippen molar-refractivity contribution < 1.29 is 0 Å². The summed E-state index contributed by atoms with van der Waals surface area (Å²) in [5.74, 6) is 0.990. The molecule has 170 valence electrons. The van der Waals surface area contributed by atoms with Gasteiger partial charge in [0.15, 0.2) is 11.2 Å². The largest absolute Gasteiger partial charge is 0.332 e. The standard InChI is InChI=1S/C25H26ClN5O2/c1-4-17-9-11-19(12-10-17)29-13-16(2)14-30-21-22(27-24(29)30)28(3)25(33)31(23(21)32)15-18-7-5-6-8-20(18)26/h5-12,16H,4,13-15H2,1-3H3/t16-/m1/s1. The van der Waals surface area contributed by atoms with Crippen molar-refractivity contribution in [2.24, 2.45) is 13.0 Å². The minimum atomic E-state index is -0.408. The average molecular weight is 464 g/mol. The normalized spacial score (nSPS) is 15.8. The fourth-order valence-corrected chi connectivity index (χ4v) is 4.77. The Kier molecular flexibility index (Phi) is 5.37. The molecule has 2 aromatic heterocycles. The van der Waals surface area contributed by atoms with E-state index in [2.05, 4.69) is 43.0 Å². The third kappa shape index (κ3) is 3.56. The first kappa shape index (κ1) is 21.5. The Morgan fingerprint density at radius 3 is 2.48 bits per heavy atom. The first-order chi connectivity index (χ1) is 15.9. The number of nitrogens with zero attached hydrogens (tertiary/aromatic N) is 5. The fourth-order valence-electron chi connectivity index (χ4n) is 4.57. The van der Waals surface area contributed by atoms with Crippen LogP contribution in [0.15, 0.2) is 58.1 Å². The predicted molar refractivity (Wildman–Crippen MR) is 132 cm³/mol. The van der Waals surface area contributed by atoms with Crippen molar-refractivity contribution in [1.82, 2.24) is 18.7 Å². The summed E-state index contributed by atoms with van der Waals surface area (Å²) in [5, 5.41) is 0.525. The number of benzene rings is 2. The van der Waals surface area contributed by atoms with E-state index in [1.807, 2.05) is 22.8 Å². The average Bonchev–Trinajstić information content (AvgIpc) is 3.20. The molecular weight excluding hydrogens is 438 g/mol. The molecule has 0 N–H and O–H groups in total. The van der Waals surface area contributed by atoms with E-state index in [0.717, 1.165) is 24.2 Å². The highest BCUT2D eigenvalue weighted by atomic mass is 35.5. The van der Waals surface area contributed by atoms with Crippen molar-refractivity contribution in [2.75, 3.05) is 11.4 Å². The molecule has 7 nitrogen and oxygen atoms in total. The molecule has 1 atom stereocenters. The van der Waals surface area contributed by atoms with Crippen LogP contribution in [0, 0.1) is 5.92 Å². The molecule has 0 amide bonds. The zero-order chi connectivity index (χ0) is 23.3. The van der Waals surface area contributed by atoms with E-state index < -0.39 is 5.69 Å². The summed E-state index contributed by atoms with van der Waals surface area (Å²) in [6.07, 6.45) is 0.974. The molecule has 0 aliphatic carbocycles. The van der Waals surface area contributed by atoms with Crippen LogP contribution in [-0.2, 0) is 26.6 Å². The molecule has 4 aromatic rings. The van der Waals surface area contributed by atoms with Gasteiger partial charge in [0.05, 0.1) is 6.54 Å². The lowest BCUT2D eigenvalue weighted by Crippen LogP contribution is -2.40. The molecule has 0 bridgehead atoms. The van der Waals surface area contributed by atoms with Gasteiger partial charge >= 0.3 is 5.69 Å². The third-order valence-electron chi connectivity index (χ3n) is 6.38. The quantitative estimate of drug-likeness (QED) is 0.459. The summed E-state index contributed by atoms with van der Waals surface area (Å²) in [5.41, 5.74) is 3.11. The van der Waals surface area contributed by atoms with Gasteiger partial charge in [-0.3, -0.25) is 13.9 Å². The molecule has 0 fully saturated rings. The van der Waals surface area contributed by atoms with Crippen molar-refractivity contribution in [1.29, 1.82) is 0 Å². The summed E-state index contributed by atoms with van der Waals surface area (Å²) < 4.78 is 4.67. The molecule has 0 radical (unpaired) electrons. The molecule has 3 heterocycles. The van der Waals surface area contributed by atoms with Crippen molar-refractivity contribution in [3.8, 4) is 0 Å². The minimum Gasteiger partial charge on any atom is -0.312 e. The van der Waals surface area contributed by atoms with E-state index in [4.69, 9.17) is 16.6 Å². The molecule has 8 heteroatoms. The highest BCUT2D eigenvalue weighted by molar-refractivity contribution is 6.31. The summed E-state index contributed by atoms with van der Waals surface area (Å²) >= 11 is 6.31. The number of anilines is 2. The number of fused-ring (bicyclic) bond motifs is 3. The molecule has 0 saturated carbocycles. The van der Waals surface area contributed by atoms with E-state index in [0.29, 0.717) is 34.6 Å². The highest BCUT2D eigenvalue weighted by Crippen LogP contribution is 2.33. The Labute approximate surface area is 196 Å². The lowest BCUT2D eigenvalue weighted by molar-refractivity contribution is 0.458. The topological polar surface area (TPSA) is 65.1 Å². The van der Waals surface area contributed by atoms with Crippen LogP contribution in [0.3, 0.4) is 0 Å². The van der Waals surface area contributed by atoms with E-state index in [1.54, 1.807) is 13.1 Å². The summed E-state index contributed by atoms with van der Waals surface area (Å²) in [6, 6.07) is 15.7. The fraction of sp³-hybridized carbons (Fsp3) is 0.320. The van der Waals surface area contributed by atoms with Crippen molar-refractivity contribution in [2.45, 2.75) is 33.4 Å². The number of hydrogen-bond donors (Lipinski definition) is 0. The molecule has 0 saturated heterocycles. The Hall–Kier alpha value is -3.32. The maximum absolute atomic E-state index is 13.6. The van der Waals surface area contributed by atoms with Crippen LogP contribution >= 0.6 is 11.6 Å². The second kappa shape index (κ2) is 8.23. The van der Waals surface area contributed by atoms with Crippen molar-refractivity contribution in [3.05, 3.63) is 85.5 Å². The van der Waals surface area contributed by atoms with E-state index in [-0.39, 0.29) is 12.1 Å². The first-order valence-corrected chi connectivity index (χ1v) is 11.6. The number of rotatable bonds is 4. The molecular formula is C25H26ClN5O2. The molecule has 1 aliphatic heterocycles. The Morgan fingerprint density at radius 2 is 1.79 bits per heavy atom. The minimum absolute atomic E-state index is 0.110. The van der Waals surface area contributed by atoms with E-state index in [9.17, 15) is 9.59 Å². The maximum atomic E-state index is 13.6. The lowest BCUT2D eigenvalue weighted by atomic mass is 10.1. The smallest absolute Gasteiger partial charge is 0.312 e. The van der Waals surface area contributed by atoms with Crippen molar-refractivity contribution >= 4 is 34.4 Å². The number of halogens is 1. The van der Waals surface area contributed by atoms with Crippen LogP contribution < -0.4 is 16.1 Å². The van der Waals surface area contributed by atoms with E-state index >= 15 is 0 Å². The monoisotopic (exact) mass is 463 g/mol. The Bertz CT molecular complexity index is 1470. The van der Waals surface area contributed by atoms with Crippen LogP contribution in [-0.4, -0.2) is 25.2 Å². The van der Waals surface area contributed by atoms with Gasteiger partial charge in [0.2, 0.25) is 5.95 Å². The van der Waals surface area contributed by atoms with Gasteiger partial charge in [-0.25, -0.2) is 4.79 Å². The van der Waals surface area contributed by atoms with Gasteiger partial charge in [0.25, 0.3) is 5.56 Å². The number of imidazole rings is 1. The van der Waals surface area contributed by atoms with Crippen molar-refractivity contribution in [3.63, 3.8) is 0 Å². The van der Waals surface area contributed by atoms with Crippen LogP contribution in [0.4, 0.5) is 11.6 Å². The second-order valence-corrected chi connectivity index (χ2v) is 9.16. The van der Waals surface area contributed by atoms with Gasteiger partial charge in [0, 0.05) is 30.8 Å². The predicted octanol–water partition coefficient (Wildman–Crippen LogP) is 3.95. The summed E-state index contributed by atoms with van der Waals surface area (Å²) in [4.78, 5) is 33.7. The first-order valence-electron chi connectivity index (χ1n) is 11.2. The van der Waals surface area contributed by atoms with Crippen LogP contribution in [0.25, 0.3) is 11.2 Å². The molecule has 0 spiro atoms. The number of aryl methyl sites for hydroxylation is 2. The highest BCUT2D eigenvalue weighted by Gasteiger charge is 2.30. The Morgan fingerprint density at radius 1 is 1.06 bits per heavy atom. The summed E-state index contributed by atoms with van der Waals surface area (Å²) in [6.45, 7) is 5.85. The number of aromatic nitrogens is 4. The van der Waals surface area contributed by atoms with Gasteiger partial charge in [-0.1, -0.05) is 55.8 Å². The Balaban J connectivity index is 1.70. The number of hydrogen-bond acceptors (Lipinski definition) is 4. The van der Waals surface area contributed by atoms with Crippen LogP contribution in [0.1, 0.15) is 25.0 Å². The molecule has 0 unspecified atom stereocenters. The SMILES string of the molecule is CCc1ccc(N2C[C@@H](C)Cn3c2nc2c3c(=O)n(Cc3ccccc3Cl)c(=O)n2C)cc1. The molecule has 33 heavy (non-hydrogen) atoms. The molecule has 1 aliphatic rings. The third-order valence-corrected chi connectivity index (χ3v) is 6.75. The molecule has 2 aromatic carbocycles. The van der Waals surface area contributed by atoms with Gasteiger partial charge in [-0.05, 0) is 41.7 Å². The zero-order valence-electron chi connectivity index (χ0n) is 19.0. The zero-order valence-corrected chi connectivity index (χ0v) is 19.7. The van der Waals surface area contributed by atoms with Gasteiger partial charge in [-0.15, -0.1) is 0 Å². The van der Waals surface area contributed by atoms with Gasteiger partial charge < -0.3 is 9.47 Å². The van der Waals surface area contributed by atoms with Crippen LogP contribution in [0.5, 0.6) is 0 Å². The van der Waals surface area contributed by atoms with Crippen LogP contribution in [0.2, 0.25) is 5.02 Å². The second-order valence-electron chi connectivity index (χ2n) is 8.75. The van der Waals surface area contributed by atoms with Gasteiger partial charge in [-0.2, -0.15) is 4.98 Å². The molecule has 5 rings (SSSR count). The lowest BCUT2D eigenvalue weighted by Gasteiger charge is -2.33. The maximum Gasteiger partial charge on any atom is 0.332 e. The summed E-state index contributed by atoms with van der Waals surface area (Å²) in [7, 11) is 1.66. The van der Waals surface area contributed by atoms with E-state index in [1.165, 1.54) is 14.7 Å².